The Morgan fingerprint density at radius 1 is 1.09 bits per heavy atom. The molecule has 116 valence electrons. The van der Waals surface area contributed by atoms with Crippen LogP contribution in [0, 0.1) is 11.3 Å². The predicted molar refractivity (Wildman–Crippen MR) is 88.3 cm³/mol. The number of H-pyrrole nitrogens is 1. The second-order valence-corrected chi connectivity index (χ2v) is 6.85. The van der Waals surface area contributed by atoms with Crippen LogP contribution in [0.15, 0.2) is 59.6 Å². The Kier molecular flexibility index (Phi) is 4.15. The summed E-state index contributed by atoms with van der Waals surface area (Å²) in [5, 5.41) is 10.1. The van der Waals surface area contributed by atoms with Crippen molar-refractivity contribution in [1.29, 1.82) is 5.26 Å². The summed E-state index contributed by atoms with van der Waals surface area (Å²) in [7, 11) is -3.69. The van der Waals surface area contributed by atoms with Gasteiger partial charge in [0.1, 0.15) is 6.07 Å². The number of fused-ring (bicyclic) bond motifs is 1. The molecule has 5 nitrogen and oxygen atoms in total. The molecule has 0 fully saturated rings. The Labute approximate surface area is 134 Å². The zero-order chi connectivity index (χ0) is 16.3. The molecule has 1 aromatic heterocycles. The van der Waals surface area contributed by atoms with E-state index in [4.69, 9.17) is 5.26 Å². The lowest BCUT2D eigenvalue weighted by molar-refractivity contribution is 0.581. The molecule has 3 aromatic rings. The molecule has 2 aromatic carbocycles. The van der Waals surface area contributed by atoms with Gasteiger partial charge in [-0.2, -0.15) is 5.26 Å². The van der Waals surface area contributed by atoms with Crippen LogP contribution in [0.2, 0.25) is 0 Å². The van der Waals surface area contributed by atoms with Crippen molar-refractivity contribution in [2.24, 2.45) is 0 Å². The summed E-state index contributed by atoms with van der Waals surface area (Å²) in [4.78, 5) is 3.18. The first-order valence-electron chi connectivity index (χ1n) is 7.15. The average molecular weight is 325 g/mol. The molecule has 0 aliphatic rings. The molecule has 0 aliphatic carbocycles. The van der Waals surface area contributed by atoms with Gasteiger partial charge in [0, 0.05) is 23.6 Å². The van der Waals surface area contributed by atoms with Gasteiger partial charge in [0.15, 0.2) is 0 Å². The molecule has 0 unspecified atom stereocenters. The molecule has 3 rings (SSSR count). The van der Waals surface area contributed by atoms with Crippen LogP contribution in [0.4, 0.5) is 0 Å². The quantitative estimate of drug-likeness (QED) is 0.756. The topological polar surface area (TPSA) is 85.8 Å². The van der Waals surface area contributed by atoms with Crippen molar-refractivity contribution in [2.45, 2.75) is 11.3 Å². The summed E-state index contributed by atoms with van der Waals surface area (Å²) < 4.78 is 27.2. The monoisotopic (exact) mass is 325 g/mol. The lowest BCUT2D eigenvalue weighted by Gasteiger charge is -2.07. The van der Waals surface area contributed by atoms with E-state index < -0.39 is 10.0 Å². The number of aromatic amines is 1. The van der Waals surface area contributed by atoms with Gasteiger partial charge in [-0.3, -0.25) is 0 Å². The van der Waals surface area contributed by atoms with Gasteiger partial charge in [-0.15, -0.1) is 0 Å². The fourth-order valence-corrected chi connectivity index (χ4v) is 3.72. The zero-order valence-electron chi connectivity index (χ0n) is 12.3. The first-order valence-corrected chi connectivity index (χ1v) is 8.64. The average Bonchev–Trinajstić information content (AvgIpc) is 2.98. The molecule has 0 radical (unpaired) electrons. The van der Waals surface area contributed by atoms with Gasteiger partial charge in [-0.05, 0) is 30.2 Å². The molecular formula is C17H15N3O2S. The van der Waals surface area contributed by atoms with Gasteiger partial charge in [-0.1, -0.05) is 30.3 Å². The third-order valence-electron chi connectivity index (χ3n) is 3.66. The minimum atomic E-state index is -3.69. The molecule has 0 saturated carbocycles. The van der Waals surface area contributed by atoms with Gasteiger partial charge in [0.05, 0.1) is 10.5 Å². The van der Waals surface area contributed by atoms with E-state index in [0.717, 1.165) is 16.5 Å². The Hall–Kier alpha value is -2.62. The van der Waals surface area contributed by atoms with E-state index >= 15 is 0 Å². The molecule has 0 atom stereocenters. The van der Waals surface area contributed by atoms with Crippen molar-refractivity contribution in [2.75, 3.05) is 6.54 Å². The second-order valence-electron chi connectivity index (χ2n) is 5.12. The number of sulfonamides is 1. The molecule has 0 aliphatic heterocycles. The number of hydrogen-bond acceptors (Lipinski definition) is 3. The van der Waals surface area contributed by atoms with Gasteiger partial charge < -0.3 is 4.98 Å². The van der Waals surface area contributed by atoms with Crippen LogP contribution in [0.1, 0.15) is 11.1 Å². The Balaban J connectivity index is 1.74. The Bertz CT molecular complexity index is 984. The molecule has 0 bridgehead atoms. The van der Waals surface area contributed by atoms with Crippen molar-refractivity contribution < 1.29 is 8.42 Å². The Morgan fingerprint density at radius 3 is 2.65 bits per heavy atom. The number of benzene rings is 2. The van der Waals surface area contributed by atoms with Crippen LogP contribution in [-0.4, -0.2) is 19.9 Å². The fraction of sp³-hybridized carbons (Fsp3) is 0.118. The van der Waals surface area contributed by atoms with E-state index in [2.05, 4.69) is 9.71 Å². The fourth-order valence-electron chi connectivity index (χ4n) is 2.53. The number of rotatable bonds is 5. The summed E-state index contributed by atoms with van der Waals surface area (Å²) in [6.07, 6.45) is 2.46. The zero-order valence-corrected chi connectivity index (χ0v) is 13.1. The van der Waals surface area contributed by atoms with E-state index in [0.29, 0.717) is 6.42 Å². The van der Waals surface area contributed by atoms with Crippen molar-refractivity contribution in [3.05, 3.63) is 65.9 Å². The minimum absolute atomic E-state index is 0.0152. The summed E-state index contributed by atoms with van der Waals surface area (Å²) in [5.74, 6) is 0. The van der Waals surface area contributed by atoms with Crippen molar-refractivity contribution in [1.82, 2.24) is 9.71 Å². The molecule has 0 spiro atoms. The lowest BCUT2D eigenvalue weighted by atomic mass is 10.1. The van der Waals surface area contributed by atoms with Crippen LogP contribution >= 0.6 is 0 Å². The maximum Gasteiger partial charge on any atom is 0.241 e. The third-order valence-corrected chi connectivity index (χ3v) is 5.18. The lowest BCUT2D eigenvalue weighted by Crippen LogP contribution is -2.26. The third kappa shape index (κ3) is 3.11. The van der Waals surface area contributed by atoms with Crippen molar-refractivity contribution >= 4 is 20.9 Å². The van der Waals surface area contributed by atoms with E-state index in [1.165, 1.54) is 12.1 Å². The van der Waals surface area contributed by atoms with Crippen LogP contribution in [0.25, 0.3) is 10.9 Å². The maximum atomic E-state index is 12.3. The number of para-hydroxylation sites is 1. The number of hydrogen-bond donors (Lipinski definition) is 2. The van der Waals surface area contributed by atoms with E-state index in [-0.39, 0.29) is 17.0 Å². The standard InChI is InChI=1S/C17H15N3O2S/c18-11-13-5-1-4-8-17(13)23(21,22)20-10-9-14-12-19-16-7-3-2-6-15(14)16/h1-8,12,19-20H,9-10H2. The van der Waals surface area contributed by atoms with Gasteiger partial charge in [0.2, 0.25) is 10.0 Å². The van der Waals surface area contributed by atoms with Gasteiger partial charge >= 0.3 is 0 Å². The normalized spacial score (nSPS) is 11.4. The van der Waals surface area contributed by atoms with Gasteiger partial charge in [-0.25, -0.2) is 13.1 Å². The van der Waals surface area contributed by atoms with Crippen LogP contribution in [0.5, 0.6) is 0 Å². The van der Waals surface area contributed by atoms with Crippen molar-refractivity contribution in [3.63, 3.8) is 0 Å². The number of nitriles is 1. The summed E-state index contributed by atoms with van der Waals surface area (Å²) in [5.41, 5.74) is 2.23. The first kappa shape index (κ1) is 15.3. The highest BCUT2D eigenvalue weighted by molar-refractivity contribution is 7.89. The highest BCUT2D eigenvalue weighted by Crippen LogP contribution is 2.18. The maximum absolute atomic E-state index is 12.3. The molecule has 2 N–H and O–H groups in total. The SMILES string of the molecule is N#Cc1ccccc1S(=O)(=O)NCCc1c[nH]c2ccccc12. The first-order chi connectivity index (χ1) is 11.1. The van der Waals surface area contributed by atoms with Crippen LogP contribution in [-0.2, 0) is 16.4 Å². The highest BCUT2D eigenvalue weighted by Gasteiger charge is 2.17. The number of nitrogens with one attached hydrogen (secondary N) is 2. The second kappa shape index (κ2) is 6.24. The smallest absolute Gasteiger partial charge is 0.241 e. The van der Waals surface area contributed by atoms with E-state index in [9.17, 15) is 8.42 Å². The predicted octanol–water partition coefficient (Wildman–Crippen LogP) is 2.56. The van der Waals surface area contributed by atoms with Crippen LogP contribution < -0.4 is 4.72 Å². The summed E-state index contributed by atoms with van der Waals surface area (Å²) in [6.45, 7) is 0.268. The highest BCUT2D eigenvalue weighted by atomic mass is 32.2. The molecule has 1 heterocycles. The number of nitrogens with zero attached hydrogens (tertiary/aromatic N) is 1. The van der Waals surface area contributed by atoms with Gasteiger partial charge in [0.25, 0.3) is 0 Å². The Morgan fingerprint density at radius 2 is 1.83 bits per heavy atom. The molecular weight excluding hydrogens is 310 g/mol. The molecule has 0 amide bonds. The largest absolute Gasteiger partial charge is 0.361 e. The summed E-state index contributed by atoms with van der Waals surface area (Å²) >= 11 is 0. The molecule has 6 heteroatoms. The molecule has 23 heavy (non-hydrogen) atoms. The van der Waals surface area contributed by atoms with Crippen molar-refractivity contribution in [3.8, 4) is 6.07 Å². The van der Waals surface area contributed by atoms with E-state index in [1.54, 1.807) is 12.1 Å². The summed E-state index contributed by atoms with van der Waals surface area (Å²) in [6, 6.07) is 16.0. The number of aromatic nitrogens is 1. The van der Waals surface area contributed by atoms with Crippen LogP contribution in [0.3, 0.4) is 0 Å². The molecule has 0 saturated heterocycles. The van der Waals surface area contributed by atoms with E-state index in [1.807, 2.05) is 36.5 Å². The minimum Gasteiger partial charge on any atom is -0.361 e.